The van der Waals surface area contributed by atoms with Crippen LogP contribution in [0.4, 0.5) is 13.2 Å². The van der Waals surface area contributed by atoms with Gasteiger partial charge in [-0.1, -0.05) is 0 Å². The van der Waals surface area contributed by atoms with Gasteiger partial charge in [0.05, 0.1) is 5.69 Å². The monoisotopic (exact) mass is 330 g/mol. The van der Waals surface area contributed by atoms with Crippen LogP contribution in [0, 0.1) is 11.8 Å². The Labute approximate surface area is 134 Å². The third kappa shape index (κ3) is 4.10. The maximum atomic E-state index is 12.1. The molecule has 120 valence electrons. The highest BCUT2D eigenvalue weighted by Crippen LogP contribution is 2.23. The minimum Gasteiger partial charge on any atom is -0.406 e. The molecule has 24 heavy (non-hydrogen) atoms. The minimum atomic E-state index is -4.71. The van der Waals surface area contributed by atoms with Crippen molar-refractivity contribution in [2.45, 2.75) is 6.36 Å². The molecular weight excluding hydrogens is 321 g/mol. The average molecular weight is 330 g/mol. The summed E-state index contributed by atoms with van der Waals surface area (Å²) in [5, 5.41) is 4.22. The minimum absolute atomic E-state index is 0.292. The topological polar surface area (TPSA) is 52.8 Å². The van der Waals surface area contributed by atoms with Gasteiger partial charge < -0.3 is 4.74 Å². The molecule has 0 aliphatic carbocycles. The summed E-state index contributed by atoms with van der Waals surface area (Å²) < 4.78 is 41.7. The number of ether oxygens (including phenoxy) is 1. The van der Waals surface area contributed by atoms with Crippen molar-refractivity contribution in [2.24, 2.45) is 0 Å². The van der Waals surface area contributed by atoms with Crippen LogP contribution in [0.2, 0.25) is 0 Å². The van der Waals surface area contributed by atoms with Crippen molar-refractivity contribution in [1.82, 2.24) is 19.7 Å². The highest BCUT2D eigenvalue weighted by Gasteiger charge is 2.30. The molecule has 0 radical (unpaired) electrons. The Kier molecular flexibility index (Phi) is 4.16. The molecule has 5 nitrogen and oxygen atoms in total. The fourth-order valence-corrected chi connectivity index (χ4v) is 1.82. The zero-order valence-electron chi connectivity index (χ0n) is 12.0. The van der Waals surface area contributed by atoms with Crippen LogP contribution in [-0.4, -0.2) is 26.1 Å². The number of hydrogen-bond donors (Lipinski definition) is 0. The Balaban J connectivity index is 1.75. The fourth-order valence-electron chi connectivity index (χ4n) is 1.82. The number of rotatable bonds is 2. The van der Waals surface area contributed by atoms with Gasteiger partial charge in [0.2, 0.25) is 5.82 Å². The molecule has 2 heterocycles. The molecule has 0 unspecified atom stereocenters. The maximum Gasteiger partial charge on any atom is 0.573 e. The number of benzene rings is 1. The van der Waals surface area contributed by atoms with E-state index in [1.165, 1.54) is 28.9 Å². The molecule has 0 saturated carbocycles. The molecule has 0 spiro atoms. The molecule has 0 bridgehead atoms. The van der Waals surface area contributed by atoms with Gasteiger partial charge in [-0.3, -0.25) is 0 Å². The van der Waals surface area contributed by atoms with E-state index >= 15 is 0 Å². The number of nitrogens with zero attached hydrogens (tertiary/aromatic N) is 4. The van der Waals surface area contributed by atoms with Gasteiger partial charge in [-0.25, -0.2) is 14.6 Å². The van der Waals surface area contributed by atoms with Gasteiger partial charge in [-0.05, 0) is 48.2 Å². The van der Waals surface area contributed by atoms with E-state index in [9.17, 15) is 13.2 Å². The van der Waals surface area contributed by atoms with Crippen molar-refractivity contribution in [3.63, 3.8) is 0 Å². The van der Waals surface area contributed by atoms with E-state index in [1.807, 2.05) is 0 Å². The molecule has 0 atom stereocenters. The van der Waals surface area contributed by atoms with Crippen LogP contribution in [0.5, 0.6) is 5.75 Å². The summed E-state index contributed by atoms with van der Waals surface area (Å²) in [7, 11) is 0. The lowest BCUT2D eigenvalue weighted by Gasteiger charge is -2.09. The van der Waals surface area contributed by atoms with Crippen molar-refractivity contribution in [2.75, 3.05) is 0 Å². The molecule has 3 aromatic rings. The lowest BCUT2D eigenvalue weighted by molar-refractivity contribution is -0.274. The van der Waals surface area contributed by atoms with Crippen molar-refractivity contribution < 1.29 is 17.9 Å². The van der Waals surface area contributed by atoms with Crippen LogP contribution in [0.15, 0.2) is 55.0 Å². The second kappa shape index (κ2) is 6.42. The predicted octanol–water partition coefficient (Wildman–Crippen LogP) is 2.96. The van der Waals surface area contributed by atoms with E-state index in [0.29, 0.717) is 17.2 Å². The van der Waals surface area contributed by atoms with Crippen LogP contribution in [0.3, 0.4) is 0 Å². The number of alkyl halides is 3. The second-order valence-electron chi connectivity index (χ2n) is 4.51. The Hall–Kier alpha value is -3.34. The van der Waals surface area contributed by atoms with Crippen LogP contribution in [0.25, 0.3) is 5.69 Å². The zero-order valence-corrected chi connectivity index (χ0v) is 12.0. The number of halogens is 3. The van der Waals surface area contributed by atoms with Crippen LogP contribution < -0.4 is 4.74 Å². The zero-order chi connectivity index (χ0) is 17.0. The molecule has 8 heteroatoms. The van der Waals surface area contributed by atoms with Gasteiger partial charge in [0.25, 0.3) is 0 Å². The van der Waals surface area contributed by atoms with E-state index in [2.05, 4.69) is 31.6 Å². The summed E-state index contributed by atoms with van der Waals surface area (Å²) >= 11 is 0. The Morgan fingerprint density at radius 2 is 1.67 bits per heavy atom. The summed E-state index contributed by atoms with van der Waals surface area (Å²) in [6.07, 6.45) is 0.103. The van der Waals surface area contributed by atoms with Crippen LogP contribution in [0.1, 0.15) is 11.5 Å². The smallest absolute Gasteiger partial charge is 0.406 e. The van der Waals surface area contributed by atoms with Crippen LogP contribution >= 0.6 is 0 Å². The highest BCUT2D eigenvalue weighted by atomic mass is 19.4. The number of hydrogen-bond acceptors (Lipinski definition) is 4. The third-order valence-electron chi connectivity index (χ3n) is 2.79. The molecule has 3 rings (SSSR count). The van der Waals surface area contributed by atoms with Crippen LogP contribution in [-0.2, 0) is 0 Å². The third-order valence-corrected chi connectivity index (χ3v) is 2.79. The van der Waals surface area contributed by atoms with Gasteiger partial charge in [-0.2, -0.15) is 5.10 Å². The first kappa shape index (κ1) is 15.6. The van der Waals surface area contributed by atoms with Gasteiger partial charge in [0, 0.05) is 18.6 Å². The molecular formula is C16H9F3N4O. The molecule has 1 aromatic carbocycles. The fraction of sp³-hybridized carbons (Fsp3) is 0.0625. The summed E-state index contributed by atoms with van der Waals surface area (Å²) in [5.74, 6) is 5.66. The standard InChI is InChI=1S/C16H9F3N4O/c17-16(18,19)24-14-5-3-13(4-6-14)23-11-8-12(22-23)2-7-15-20-9-1-10-21-15/h1,3-6,8-11H. The molecule has 0 fully saturated rings. The lowest BCUT2D eigenvalue weighted by Crippen LogP contribution is -2.17. The molecule has 0 aliphatic heterocycles. The summed E-state index contributed by atoms with van der Waals surface area (Å²) in [4.78, 5) is 7.95. The summed E-state index contributed by atoms with van der Waals surface area (Å²) in [6, 6.07) is 8.72. The van der Waals surface area contributed by atoms with Crippen molar-refractivity contribution in [3.05, 3.63) is 66.5 Å². The first-order valence-electron chi connectivity index (χ1n) is 6.70. The SMILES string of the molecule is FC(F)(F)Oc1ccc(-n2ccc(C#Cc3ncccn3)n2)cc1. The van der Waals surface area contributed by atoms with Gasteiger partial charge in [-0.15, -0.1) is 13.2 Å². The maximum absolute atomic E-state index is 12.1. The van der Waals surface area contributed by atoms with Gasteiger partial charge in [0.1, 0.15) is 11.4 Å². The Morgan fingerprint density at radius 1 is 0.958 bits per heavy atom. The van der Waals surface area contributed by atoms with E-state index in [-0.39, 0.29) is 5.75 Å². The van der Waals surface area contributed by atoms with E-state index < -0.39 is 6.36 Å². The average Bonchev–Trinajstić information content (AvgIpc) is 3.02. The molecule has 0 saturated heterocycles. The first-order valence-corrected chi connectivity index (χ1v) is 6.70. The quantitative estimate of drug-likeness (QED) is 0.678. The van der Waals surface area contributed by atoms with E-state index in [4.69, 9.17) is 0 Å². The largest absolute Gasteiger partial charge is 0.573 e. The second-order valence-corrected chi connectivity index (χ2v) is 4.51. The number of aromatic nitrogens is 4. The summed E-state index contributed by atoms with van der Waals surface area (Å²) in [5.41, 5.74) is 1.06. The predicted molar refractivity (Wildman–Crippen MR) is 78.3 cm³/mol. The molecule has 0 amide bonds. The van der Waals surface area contributed by atoms with E-state index in [1.54, 1.807) is 30.7 Å². The van der Waals surface area contributed by atoms with Crippen molar-refractivity contribution >= 4 is 0 Å². The van der Waals surface area contributed by atoms with E-state index in [0.717, 1.165) is 0 Å². The molecule has 2 aromatic heterocycles. The van der Waals surface area contributed by atoms with Gasteiger partial charge >= 0.3 is 6.36 Å². The molecule has 0 N–H and O–H groups in total. The Bertz CT molecular complexity index is 877. The lowest BCUT2D eigenvalue weighted by atomic mass is 10.3. The Morgan fingerprint density at radius 3 is 2.33 bits per heavy atom. The van der Waals surface area contributed by atoms with Crippen molar-refractivity contribution in [1.29, 1.82) is 0 Å². The van der Waals surface area contributed by atoms with Gasteiger partial charge in [0.15, 0.2) is 0 Å². The summed E-state index contributed by atoms with van der Waals surface area (Å²) in [6.45, 7) is 0. The first-order chi connectivity index (χ1) is 11.5. The normalized spacial score (nSPS) is 10.8. The highest BCUT2D eigenvalue weighted by molar-refractivity contribution is 5.39. The molecule has 0 aliphatic rings. The van der Waals surface area contributed by atoms with Crippen molar-refractivity contribution in [3.8, 4) is 23.3 Å².